The average molecular weight is 405 g/mol. The Morgan fingerprint density at radius 3 is 2.64 bits per heavy atom. The molecule has 2 aromatic rings. The van der Waals surface area contributed by atoms with Gasteiger partial charge in [-0.25, -0.2) is 13.1 Å². The first-order chi connectivity index (χ1) is 13.4. The zero-order chi connectivity index (χ0) is 20.1. The van der Waals surface area contributed by atoms with Gasteiger partial charge in [0, 0.05) is 13.6 Å². The van der Waals surface area contributed by atoms with Gasteiger partial charge in [0.15, 0.2) is 0 Å². The molecule has 0 bridgehead atoms. The van der Waals surface area contributed by atoms with E-state index in [1.807, 2.05) is 68.4 Å². The van der Waals surface area contributed by atoms with Crippen molar-refractivity contribution >= 4 is 10.0 Å². The molecule has 1 heterocycles. The minimum atomic E-state index is -3.51. The quantitative estimate of drug-likeness (QED) is 0.732. The Kier molecular flexibility index (Phi) is 6.72. The predicted octanol–water partition coefficient (Wildman–Crippen LogP) is 3.13. The van der Waals surface area contributed by atoms with Crippen molar-refractivity contribution in [1.82, 2.24) is 9.79 Å². The first kappa shape index (κ1) is 20.8. The molecule has 0 aromatic heterocycles. The van der Waals surface area contributed by atoms with Gasteiger partial charge in [-0.3, -0.25) is 4.84 Å². The van der Waals surface area contributed by atoms with E-state index in [2.05, 4.69) is 4.72 Å². The summed E-state index contributed by atoms with van der Waals surface area (Å²) in [6, 6.07) is 17.1. The number of hydroxylamine groups is 2. The molecule has 0 amide bonds. The number of rotatable bonds is 8. The van der Waals surface area contributed by atoms with Crippen LogP contribution in [0.1, 0.15) is 31.0 Å². The Balaban J connectivity index is 1.76. The molecule has 6 nitrogen and oxygen atoms in total. The Bertz CT molecular complexity index is 871. The van der Waals surface area contributed by atoms with Gasteiger partial charge in [0.1, 0.15) is 17.6 Å². The van der Waals surface area contributed by atoms with Crippen LogP contribution in [0.15, 0.2) is 54.6 Å². The molecule has 1 N–H and O–H groups in total. The summed E-state index contributed by atoms with van der Waals surface area (Å²) in [5.41, 5.74) is 1.93. The van der Waals surface area contributed by atoms with Crippen LogP contribution < -0.4 is 9.46 Å². The fourth-order valence-electron chi connectivity index (χ4n) is 3.20. The molecule has 1 fully saturated rings. The maximum absolute atomic E-state index is 12.8. The molecule has 1 saturated heterocycles. The number of benzene rings is 2. The number of nitrogens with zero attached hydrogens (tertiary/aromatic N) is 1. The van der Waals surface area contributed by atoms with E-state index in [0.717, 1.165) is 11.1 Å². The van der Waals surface area contributed by atoms with Crippen molar-refractivity contribution in [2.75, 3.05) is 20.2 Å². The van der Waals surface area contributed by atoms with Crippen molar-refractivity contribution in [3.8, 4) is 5.75 Å². The van der Waals surface area contributed by atoms with Crippen molar-refractivity contribution in [3.05, 3.63) is 65.7 Å². The molecule has 1 aliphatic heterocycles. The second kappa shape index (κ2) is 9.05. The third-order valence-electron chi connectivity index (χ3n) is 4.73. The molecule has 0 spiro atoms. The maximum Gasteiger partial charge on any atom is 0.218 e. The topological polar surface area (TPSA) is 67.9 Å². The lowest BCUT2D eigenvalue weighted by Gasteiger charge is -2.24. The first-order valence-corrected chi connectivity index (χ1v) is 11.0. The highest BCUT2D eigenvalue weighted by molar-refractivity contribution is 7.90. The van der Waals surface area contributed by atoms with E-state index in [-0.39, 0.29) is 12.5 Å². The summed E-state index contributed by atoms with van der Waals surface area (Å²) in [5, 5.41) is 0.941. The highest BCUT2D eigenvalue weighted by Crippen LogP contribution is 2.34. The molecule has 1 aliphatic rings. The normalized spacial score (nSPS) is 20.6. The first-order valence-electron chi connectivity index (χ1n) is 9.47. The Labute approximate surface area is 167 Å². The van der Waals surface area contributed by atoms with E-state index >= 15 is 0 Å². The van der Waals surface area contributed by atoms with Crippen molar-refractivity contribution in [2.45, 2.75) is 31.7 Å². The van der Waals surface area contributed by atoms with E-state index in [0.29, 0.717) is 18.9 Å². The molecular weight excluding hydrogens is 376 g/mol. The molecule has 0 radical (unpaired) electrons. The fraction of sp³-hybridized carbons (Fsp3) is 0.429. The molecule has 7 heteroatoms. The van der Waals surface area contributed by atoms with Crippen molar-refractivity contribution in [3.63, 3.8) is 0 Å². The van der Waals surface area contributed by atoms with Gasteiger partial charge < -0.3 is 4.74 Å². The summed E-state index contributed by atoms with van der Waals surface area (Å²) in [6.45, 7) is 4.95. The number of nitrogens with one attached hydrogen (secondary N) is 1. The van der Waals surface area contributed by atoms with Crippen LogP contribution in [0.3, 0.4) is 0 Å². The smallest absolute Gasteiger partial charge is 0.218 e. The Hall–Kier alpha value is -1.93. The SMILES string of the molecule is CC(C)CNS(=O)(=O)C1CON(C)C1c1cccc(OCc2ccccc2)c1. The predicted molar refractivity (Wildman–Crippen MR) is 109 cm³/mol. The van der Waals surface area contributed by atoms with Gasteiger partial charge in [-0.15, -0.1) is 0 Å². The van der Waals surface area contributed by atoms with Crippen LogP contribution >= 0.6 is 0 Å². The van der Waals surface area contributed by atoms with Crippen LogP contribution in [0.25, 0.3) is 0 Å². The van der Waals surface area contributed by atoms with Gasteiger partial charge in [0.25, 0.3) is 0 Å². The van der Waals surface area contributed by atoms with Crippen molar-refractivity contribution in [1.29, 1.82) is 0 Å². The maximum atomic E-state index is 12.8. The molecule has 152 valence electrons. The summed E-state index contributed by atoms with van der Waals surface area (Å²) in [4.78, 5) is 5.57. The highest BCUT2D eigenvalue weighted by Gasteiger charge is 2.43. The molecule has 0 saturated carbocycles. The zero-order valence-corrected chi connectivity index (χ0v) is 17.4. The Morgan fingerprint density at radius 1 is 1.18 bits per heavy atom. The van der Waals surface area contributed by atoms with E-state index in [1.165, 1.54) is 0 Å². The minimum Gasteiger partial charge on any atom is -0.489 e. The molecular formula is C21H28N2O4S. The number of hydrogen-bond acceptors (Lipinski definition) is 5. The lowest BCUT2D eigenvalue weighted by Crippen LogP contribution is -2.40. The third-order valence-corrected chi connectivity index (χ3v) is 6.49. The third kappa shape index (κ3) is 5.11. The summed E-state index contributed by atoms with van der Waals surface area (Å²) in [5.74, 6) is 0.941. The lowest BCUT2D eigenvalue weighted by molar-refractivity contribution is -0.110. The molecule has 2 atom stereocenters. The monoisotopic (exact) mass is 404 g/mol. The fourth-order valence-corrected chi connectivity index (χ4v) is 4.89. The van der Waals surface area contributed by atoms with E-state index < -0.39 is 21.3 Å². The molecule has 2 unspecified atom stereocenters. The van der Waals surface area contributed by atoms with Crippen LogP contribution in [0, 0.1) is 5.92 Å². The zero-order valence-electron chi connectivity index (χ0n) is 16.5. The van der Waals surface area contributed by atoms with Gasteiger partial charge in [0.05, 0.1) is 12.6 Å². The second-order valence-electron chi connectivity index (χ2n) is 7.46. The van der Waals surface area contributed by atoms with E-state index in [4.69, 9.17) is 9.57 Å². The van der Waals surface area contributed by atoms with Crippen LogP contribution in [-0.4, -0.2) is 38.9 Å². The highest BCUT2D eigenvalue weighted by atomic mass is 32.2. The largest absolute Gasteiger partial charge is 0.489 e. The Morgan fingerprint density at radius 2 is 1.93 bits per heavy atom. The number of ether oxygens (including phenoxy) is 1. The molecule has 3 rings (SSSR count). The minimum absolute atomic E-state index is 0.129. The van der Waals surface area contributed by atoms with Crippen molar-refractivity contribution in [2.24, 2.45) is 5.92 Å². The number of hydrogen-bond donors (Lipinski definition) is 1. The van der Waals surface area contributed by atoms with Crippen molar-refractivity contribution < 1.29 is 18.0 Å². The van der Waals surface area contributed by atoms with Gasteiger partial charge in [0.2, 0.25) is 10.0 Å². The average Bonchev–Trinajstić information content (AvgIpc) is 3.08. The summed E-state index contributed by atoms with van der Waals surface area (Å²) >= 11 is 0. The standard InChI is InChI=1S/C21H28N2O4S/c1-16(2)13-22-28(24,25)20-15-27-23(3)21(20)18-10-7-11-19(12-18)26-14-17-8-5-4-6-9-17/h4-12,16,20-22H,13-15H2,1-3H3. The van der Waals surface area contributed by atoms with E-state index in [1.54, 1.807) is 12.1 Å². The lowest BCUT2D eigenvalue weighted by atomic mass is 10.0. The van der Waals surface area contributed by atoms with Crippen LogP contribution in [0.4, 0.5) is 0 Å². The number of sulfonamides is 1. The van der Waals surface area contributed by atoms with Gasteiger partial charge in [-0.05, 0) is 29.2 Å². The summed E-state index contributed by atoms with van der Waals surface area (Å²) in [7, 11) is -1.75. The summed E-state index contributed by atoms with van der Waals surface area (Å²) in [6.07, 6.45) is 0. The van der Waals surface area contributed by atoms with Gasteiger partial charge in [-0.1, -0.05) is 56.3 Å². The summed E-state index contributed by atoms with van der Waals surface area (Å²) < 4.78 is 34.2. The molecule has 28 heavy (non-hydrogen) atoms. The van der Waals surface area contributed by atoms with Crippen LogP contribution in [0.5, 0.6) is 5.75 Å². The van der Waals surface area contributed by atoms with Gasteiger partial charge in [-0.2, -0.15) is 5.06 Å². The van der Waals surface area contributed by atoms with Crippen LogP contribution in [-0.2, 0) is 21.5 Å². The second-order valence-corrected chi connectivity index (χ2v) is 9.44. The molecule has 2 aromatic carbocycles. The van der Waals surface area contributed by atoms with Crippen LogP contribution in [0.2, 0.25) is 0 Å². The molecule has 0 aliphatic carbocycles. The van der Waals surface area contributed by atoms with Gasteiger partial charge >= 0.3 is 0 Å². The van der Waals surface area contributed by atoms with E-state index in [9.17, 15) is 8.42 Å².